The first-order valence-corrected chi connectivity index (χ1v) is 8.77. The van der Waals surface area contributed by atoms with E-state index in [1.165, 1.54) is 12.1 Å². The largest absolute Gasteiger partial charge is 0.483 e. The molecule has 0 aliphatic carbocycles. The highest BCUT2D eigenvalue weighted by Crippen LogP contribution is 2.31. The molecule has 0 saturated carbocycles. The van der Waals surface area contributed by atoms with Gasteiger partial charge in [-0.1, -0.05) is 37.2 Å². The second-order valence-electron chi connectivity index (χ2n) is 6.52. The Morgan fingerprint density at radius 1 is 1.17 bits per heavy atom. The number of carbonyl (C=O) groups is 1. The lowest BCUT2D eigenvalue weighted by atomic mass is 10.2. The van der Waals surface area contributed by atoms with Crippen molar-refractivity contribution >= 4 is 11.6 Å². The zero-order chi connectivity index (χ0) is 21.0. The van der Waals surface area contributed by atoms with Crippen molar-refractivity contribution in [2.45, 2.75) is 25.9 Å². The molecule has 0 aliphatic heterocycles. The molecule has 0 atom stereocenters. The minimum Gasteiger partial charge on any atom is -0.483 e. The molecular formula is C20H18F3N3O3. The molecule has 29 heavy (non-hydrogen) atoms. The number of ether oxygens (including phenoxy) is 1. The van der Waals surface area contributed by atoms with Gasteiger partial charge in [0.05, 0.1) is 11.1 Å². The van der Waals surface area contributed by atoms with Crippen LogP contribution in [-0.4, -0.2) is 22.7 Å². The first-order chi connectivity index (χ1) is 13.7. The van der Waals surface area contributed by atoms with Crippen LogP contribution in [0.4, 0.5) is 18.9 Å². The van der Waals surface area contributed by atoms with E-state index in [-0.39, 0.29) is 17.5 Å². The molecule has 0 radical (unpaired) electrons. The Morgan fingerprint density at radius 3 is 2.62 bits per heavy atom. The van der Waals surface area contributed by atoms with E-state index in [4.69, 9.17) is 9.26 Å². The van der Waals surface area contributed by atoms with Crippen LogP contribution >= 0.6 is 0 Å². The first kappa shape index (κ1) is 20.4. The normalized spacial score (nSPS) is 11.5. The summed E-state index contributed by atoms with van der Waals surface area (Å²) in [6.45, 7) is 3.45. The summed E-state index contributed by atoms with van der Waals surface area (Å²) in [6, 6.07) is 11.2. The Kier molecular flexibility index (Phi) is 5.86. The van der Waals surface area contributed by atoms with Gasteiger partial charge in [-0.3, -0.25) is 4.79 Å². The number of benzene rings is 2. The van der Waals surface area contributed by atoms with Gasteiger partial charge in [0.25, 0.3) is 11.8 Å². The van der Waals surface area contributed by atoms with Crippen molar-refractivity contribution in [1.29, 1.82) is 0 Å². The minimum atomic E-state index is -4.49. The number of nitrogens with one attached hydrogen (secondary N) is 1. The molecule has 0 saturated heterocycles. The van der Waals surface area contributed by atoms with E-state index < -0.39 is 24.3 Å². The van der Waals surface area contributed by atoms with E-state index in [0.29, 0.717) is 17.1 Å². The molecule has 0 bridgehead atoms. The Morgan fingerprint density at radius 2 is 1.93 bits per heavy atom. The van der Waals surface area contributed by atoms with Crippen LogP contribution in [-0.2, 0) is 11.0 Å². The number of alkyl halides is 3. The lowest BCUT2D eigenvalue weighted by Crippen LogP contribution is -2.20. The van der Waals surface area contributed by atoms with Crippen LogP contribution in [0.2, 0.25) is 0 Å². The van der Waals surface area contributed by atoms with Gasteiger partial charge in [0.15, 0.2) is 12.4 Å². The van der Waals surface area contributed by atoms with Crippen molar-refractivity contribution < 1.29 is 27.2 Å². The van der Waals surface area contributed by atoms with Crippen LogP contribution in [0.1, 0.15) is 31.2 Å². The minimum absolute atomic E-state index is 0.0280. The van der Waals surface area contributed by atoms with E-state index >= 15 is 0 Å². The monoisotopic (exact) mass is 405 g/mol. The number of hydrogen-bond donors (Lipinski definition) is 1. The molecule has 0 fully saturated rings. The molecule has 9 heteroatoms. The van der Waals surface area contributed by atoms with Crippen LogP contribution in [0.5, 0.6) is 5.75 Å². The van der Waals surface area contributed by atoms with Crippen molar-refractivity contribution in [3.63, 3.8) is 0 Å². The second kappa shape index (κ2) is 8.34. The van der Waals surface area contributed by atoms with E-state index in [9.17, 15) is 18.0 Å². The highest BCUT2D eigenvalue weighted by atomic mass is 19.4. The molecular weight excluding hydrogens is 387 g/mol. The third-order valence-electron chi connectivity index (χ3n) is 3.91. The lowest BCUT2D eigenvalue weighted by molar-refractivity contribution is -0.137. The predicted molar refractivity (Wildman–Crippen MR) is 99.4 cm³/mol. The highest BCUT2D eigenvalue weighted by molar-refractivity contribution is 5.92. The van der Waals surface area contributed by atoms with Gasteiger partial charge in [0.1, 0.15) is 5.75 Å². The molecule has 2 aromatic carbocycles. The fourth-order valence-corrected chi connectivity index (χ4v) is 2.46. The lowest BCUT2D eigenvalue weighted by Gasteiger charge is -2.11. The number of anilines is 1. The Bertz CT molecular complexity index is 1000. The summed E-state index contributed by atoms with van der Waals surface area (Å²) >= 11 is 0. The van der Waals surface area contributed by atoms with Crippen molar-refractivity contribution in [2.24, 2.45) is 0 Å². The van der Waals surface area contributed by atoms with E-state index in [2.05, 4.69) is 15.5 Å². The van der Waals surface area contributed by atoms with Crippen molar-refractivity contribution in [2.75, 3.05) is 11.9 Å². The molecule has 1 aromatic heterocycles. The summed E-state index contributed by atoms with van der Waals surface area (Å²) in [5, 5.41) is 6.29. The Labute approximate surface area is 164 Å². The van der Waals surface area contributed by atoms with E-state index in [0.717, 1.165) is 12.1 Å². The number of nitrogens with zero attached hydrogens (tertiary/aromatic N) is 2. The fourth-order valence-electron chi connectivity index (χ4n) is 2.46. The second-order valence-corrected chi connectivity index (χ2v) is 6.52. The maximum atomic E-state index is 12.8. The number of para-hydroxylation sites is 1. The standard InChI is InChI=1S/C20H18F3N3O3/c1-12(2)18-25-19(29-26-18)15-8-3-4-9-16(15)28-11-17(27)24-14-7-5-6-13(10-14)20(21,22)23/h3-10,12H,11H2,1-2H3,(H,24,27). The number of rotatable bonds is 6. The summed E-state index contributed by atoms with van der Waals surface area (Å²) in [5.41, 5.74) is -0.308. The predicted octanol–water partition coefficient (Wildman–Crippen LogP) is 4.90. The van der Waals surface area contributed by atoms with E-state index in [1.54, 1.807) is 24.3 Å². The van der Waals surface area contributed by atoms with Gasteiger partial charge in [-0.2, -0.15) is 18.2 Å². The quantitative estimate of drug-likeness (QED) is 0.631. The number of carbonyl (C=O) groups excluding carboxylic acids is 1. The first-order valence-electron chi connectivity index (χ1n) is 8.77. The molecule has 152 valence electrons. The van der Waals surface area contributed by atoms with Crippen molar-refractivity contribution in [3.8, 4) is 17.2 Å². The van der Waals surface area contributed by atoms with Gasteiger partial charge in [-0.05, 0) is 30.3 Å². The maximum Gasteiger partial charge on any atom is 0.416 e. The summed E-state index contributed by atoms with van der Waals surface area (Å²) < 4.78 is 49.1. The average Bonchev–Trinajstić information content (AvgIpc) is 3.16. The Hall–Kier alpha value is -3.36. The van der Waals surface area contributed by atoms with Gasteiger partial charge in [0.2, 0.25) is 0 Å². The molecule has 0 unspecified atom stereocenters. The number of hydrogen-bond acceptors (Lipinski definition) is 5. The van der Waals surface area contributed by atoms with Gasteiger partial charge >= 0.3 is 6.18 Å². The summed E-state index contributed by atoms with van der Waals surface area (Å²) in [5.74, 6) is 0.608. The third-order valence-corrected chi connectivity index (χ3v) is 3.91. The number of halogens is 3. The summed E-state index contributed by atoms with van der Waals surface area (Å²) in [6.07, 6.45) is -4.49. The van der Waals surface area contributed by atoms with Crippen LogP contribution in [0, 0.1) is 0 Å². The zero-order valence-corrected chi connectivity index (χ0v) is 15.7. The molecule has 6 nitrogen and oxygen atoms in total. The maximum absolute atomic E-state index is 12.8. The van der Waals surface area contributed by atoms with Gasteiger partial charge < -0.3 is 14.6 Å². The van der Waals surface area contributed by atoms with Gasteiger partial charge in [0, 0.05) is 11.6 Å². The average molecular weight is 405 g/mol. The smallest absolute Gasteiger partial charge is 0.416 e. The molecule has 0 spiro atoms. The molecule has 0 aliphatic rings. The van der Waals surface area contributed by atoms with Crippen LogP contribution in [0.3, 0.4) is 0 Å². The number of aromatic nitrogens is 2. The van der Waals surface area contributed by atoms with Crippen LogP contribution in [0.25, 0.3) is 11.5 Å². The molecule has 3 aromatic rings. The zero-order valence-electron chi connectivity index (χ0n) is 15.7. The molecule has 1 N–H and O–H groups in total. The van der Waals surface area contributed by atoms with Crippen molar-refractivity contribution in [1.82, 2.24) is 10.1 Å². The van der Waals surface area contributed by atoms with Gasteiger partial charge in [-0.15, -0.1) is 0 Å². The number of amides is 1. The Balaban J connectivity index is 1.68. The van der Waals surface area contributed by atoms with Crippen LogP contribution in [0.15, 0.2) is 53.1 Å². The fraction of sp³-hybridized carbons (Fsp3) is 0.250. The van der Waals surface area contributed by atoms with Crippen molar-refractivity contribution in [3.05, 3.63) is 59.9 Å². The van der Waals surface area contributed by atoms with E-state index in [1.807, 2.05) is 13.8 Å². The SMILES string of the molecule is CC(C)c1noc(-c2ccccc2OCC(=O)Nc2cccc(C(F)(F)F)c2)n1. The molecule has 1 heterocycles. The molecule has 1 amide bonds. The third kappa shape index (κ3) is 5.13. The highest BCUT2D eigenvalue weighted by Gasteiger charge is 2.30. The molecule has 3 rings (SSSR count). The topological polar surface area (TPSA) is 77.2 Å². The summed E-state index contributed by atoms with van der Waals surface area (Å²) in [4.78, 5) is 16.4. The van der Waals surface area contributed by atoms with Crippen LogP contribution < -0.4 is 10.1 Å². The summed E-state index contributed by atoms with van der Waals surface area (Å²) in [7, 11) is 0. The van der Waals surface area contributed by atoms with Gasteiger partial charge in [-0.25, -0.2) is 0 Å².